The van der Waals surface area contributed by atoms with E-state index in [9.17, 15) is 0 Å². The van der Waals surface area contributed by atoms with Crippen LogP contribution in [0.3, 0.4) is 0 Å². The highest BCUT2D eigenvalue weighted by molar-refractivity contribution is 7.80. The van der Waals surface area contributed by atoms with Crippen molar-refractivity contribution in [3.63, 3.8) is 0 Å². The van der Waals surface area contributed by atoms with Crippen molar-refractivity contribution in [2.45, 2.75) is 46.0 Å². The summed E-state index contributed by atoms with van der Waals surface area (Å²) < 4.78 is 0. The Morgan fingerprint density at radius 1 is 1.12 bits per heavy atom. The number of hydrogen-bond donors (Lipinski definition) is 1. The van der Waals surface area contributed by atoms with Crippen LogP contribution in [0.15, 0.2) is 24.3 Å². The fourth-order valence-electron chi connectivity index (χ4n) is 2.08. The zero-order valence-corrected chi connectivity index (χ0v) is 11.6. The normalized spacial score (nSPS) is 14.8. The van der Waals surface area contributed by atoms with Crippen LogP contribution in [-0.4, -0.2) is 5.75 Å². The number of thiol groups is 1. The van der Waals surface area contributed by atoms with Crippen LogP contribution in [0.4, 0.5) is 0 Å². The van der Waals surface area contributed by atoms with Gasteiger partial charge in [0.15, 0.2) is 0 Å². The van der Waals surface area contributed by atoms with E-state index in [1.54, 1.807) is 0 Å². The first-order valence-corrected chi connectivity index (χ1v) is 7.00. The lowest BCUT2D eigenvalue weighted by Gasteiger charge is -2.12. The van der Waals surface area contributed by atoms with E-state index in [0.29, 0.717) is 5.92 Å². The van der Waals surface area contributed by atoms with Gasteiger partial charge in [0.1, 0.15) is 0 Å². The monoisotopic (exact) mass is 236 g/mol. The minimum atomic E-state index is 0.561. The van der Waals surface area contributed by atoms with E-state index >= 15 is 0 Å². The van der Waals surface area contributed by atoms with Crippen molar-refractivity contribution in [1.29, 1.82) is 0 Å². The summed E-state index contributed by atoms with van der Waals surface area (Å²) >= 11 is 4.34. The molecular formula is C15H24S. The predicted molar refractivity (Wildman–Crippen MR) is 76.5 cm³/mol. The summed E-state index contributed by atoms with van der Waals surface area (Å²) in [7, 11) is 0. The Labute approximate surface area is 106 Å². The Morgan fingerprint density at radius 3 is 2.25 bits per heavy atom. The molecule has 0 nitrogen and oxygen atoms in total. The highest BCUT2D eigenvalue weighted by Crippen LogP contribution is 2.19. The molecule has 0 radical (unpaired) electrons. The molecule has 0 aromatic heterocycles. The maximum Gasteiger partial charge on any atom is -0.00315 e. The van der Waals surface area contributed by atoms with E-state index < -0.39 is 0 Å². The lowest BCUT2D eigenvalue weighted by atomic mass is 9.95. The van der Waals surface area contributed by atoms with Crippen LogP contribution in [0, 0.1) is 5.92 Å². The standard InChI is InChI=1S/C15H24S/c1-4-5-12(2)10-14-6-8-15(9-7-14)13(3)11-16/h6-9,12-13,16H,4-5,10-11H2,1-3H3. The van der Waals surface area contributed by atoms with Crippen molar-refractivity contribution < 1.29 is 0 Å². The second kappa shape index (κ2) is 7.01. The lowest BCUT2D eigenvalue weighted by Crippen LogP contribution is -2.00. The summed E-state index contributed by atoms with van der Waals surface area (Å²) in [5, 5.41) is 0. The maximum atomic E-state index is 4.34. The number of hydrogen-bond acceptors (Lipinski definition) is 1. The van der Waals surface area contributed by atoms with Gasteiger partial charge in [-0.05, 0) is 35.1 Å². The molecule has 0 fully saturated rings. The van der Waals surface area contributed by atoms with Gasteiger partial charge < -0.3 is 0 Å². The van der Waals surface area contributed by atoms with Crippen molar-refractivity contribution in [2.24, 2.45) is 5.92 Å². The van der Waals surface area contributed by atoms with Gasteiger partial charge in [-0.25, -0.2) is 0 Å². The summed E-state index contributed by atoms with van der Waals surface area (Å²) in [6, 6.07) is 9.08. The van der Waals surface area contributed by atoms with E-state index in [-0.39, 0.29) is 0 Å². The van der Waals surface area contributed by atoms with Crippen LogP contribution in [-0.2, 0) is 6.42 Å². The molecule has 2 unspecified atom stereocenters. The maximum absolute atomic E-state index is 4.34. The Balaban J connectivity index is 2.57. The minimum absolute atomic E-state index is 0.561. The van der Waals surface area contributed by atoms with Gasteiger partial charge in [0.25, 0.3) is 0 Å². The fourth-order valence-corrected chi connectivity index (χ4v) is 2.30. The third kappa shape index (κ3) is 4.21. The molecule has 1 rings (SSSR count). The van der Waals surface area contributed by atoms with Gasteiger partial charge in [0.2, 0.25) is 0 Å². The van der Waals surface area contributed by atoms with Crippen molar-refractivity contribution in [1.82, 2.24) is 0 Å². The molecule has 0 amide bonds. The van der Waals surface area contributed by atoms with Crippen LogP contribution in [0.1, 0.15) is 50.7 Å². The number of rotatable bonds is 6. The van der Waals surface area contributed by atoms with Crippen LogP contribution in [0.2, 0.25) is 0 Å². The van der Waals surface area contributed by atoms with Gasteiger partial charge in [0, 0.05) is 0 Å². The van der Waals surface area contributed by atoms with Gasteiger partial charge in [-0.15, -0.1) is 0 Å². The molecule has 90 valence electrons. The zero-order chi connectivity index (χ0) is 12.0. The second-order valence-corrected chi connectivity index (χ2v) is 5.29. The molecular weight excluding hydrogens is 212 g/mol. The topological polar surface area (TPSA) is 0 Å². The molecule has 0 saturated heterocycles. The average Bonchev–Trinajstić information content (AvgIpc) is 2.29. The van der Waals surface area contributed by atoms with E-state index in [2.05, 4.69) is 57.7 Å². The molecule has 0 N–H and O–H groups in total. The largest absolute Gasteiger partial charge is 0.179 e. The third-order valence-electron chi connectivity index (χ3n) is 3.19. The van der Waals surface area contributed by atoms with Crippen molar-refractivity contribution in [2.75, 3.05) is 5.75 Å². The van der Waals surface area contributed by atoms with Crippen LogP contribution in [0.25, 0.3) is 0 Å². The molecule has 0 aliphatic carbocycles. The molecule has 0 bridgehead atoms. The highest BCUT2D eigenvalue weighted by atomic mass is 32.1. The van der Waals surface area contributed by atoms with Crippen LogP contribution < -0.4 is 0 Å². The minimum Gasteiger partial charge on any atom is -0.179 e. The number of benzene rings is 1. The first kappa shape index (κ1) is 13.6. The van der Waals surface area contributed by atoms with Gasteiger partial charge in [0.05, 0.1) is 0 Å². The molecule has 0 aliphatic heterocycles. The van der Waals surface area contributed by atoms with Gasteiger partial charge in [-0.1, -0.05) is 57.9 Å². The molecule has 1 aromatic rings. The molecule has 0 spiro atoms. The summed E-state index contributed by atoms with van der Waals surface area (Å²) in [6.45, 7) is 6.82. The van der Waals surface area contributed by atoms with Crippen LogP contribution in [0.5, 0.6) is 0 Å². The first-order valence-electron chi connectivity index (χ1n) is 6.37. The highest BCUT2D eigenvalue weighted by Gasteiger charge is 2.05. The molecule has 16 heavy (non-hydrogen) atoms. The van der Waals surface area contributed by atoms with Gasteiger partial charge in [-0.3, -0.25) is 0 Å². The van der Waals surface area contributed by atoms with Crippen molar-refractivity contribution >= 4 is 12.6 Å². The average molecular weight is 236 g/mol. The fraction of sp³-hybridized carbons (Fsp3) is 0.600. The molecule has 0 aliphatic rings. The van der Waals surface area contributed by atoms with Crippen molar-refractivity contribution in [3.8, 4) is 0 Å². The Hall–Kier alpha value is -0.430. The first-order chi connectivity index (χ1) is 7.67. The molecule has 1 heteroatoms. The summed E-state index contributed by atoms with van der Waals surface area (Å²) in [5.41, 5.74) is 2.87. The Kier molecular flexibility index (Phi) is 5.97. The third-order valence-corrected chi connectivity index (χ3v) is 3.74. The quantitative estimate of drug-likeness (QED) is 0.680. The van der Waals surface area contributed by atoms with E-state index in [4.69, 9.17) is 0 Å². The van der Waals surface area contributed by atoms with Crippen LogP contribution >= 0.6 is 12.6 Å². The summed E-state index contributed by atoms with van der Waals surface area (Å²) in [5.74, 6) is 2.29. The van der Waals surface area contributed by atoms with E-state index in [1.165, 1.54) is 30.4 Å². The predicted octanol–water partition coefficient (Wildman–Crippen LogP) is 4.70. The SMILES string of the molecule is CCCC(C)Cc1ccc(C(C)CS)cc1. The summed E-state index contributed by atoms with van der Waals surface area (Å²) in [4.78, 5) is 0. The molecule has 1 aromatic carbocycles. The Bertz CT molecular complexity index is 289. The van der Waals surface area contributed by atoms with Gasteiger partial charge >= 0.3 is 0 Å². The van der Waals surface area contributed by atoms with E-state index in [0.717, 1.165) is 11.7 Å². The second-order valence-electron chi connectivity index (χ2n) is 4.92. The molecule has 0 heterocycles. The molecule has 0 saturated carbocycles. The Morgan fingerprint density at radius 2 is 1.75 bits per heavy atom. The smallest absolute Gasteiger partial charge is 0.00315 e. The summed E-state index contributed by atoms with van der Waals surface area (Å²) in [6.07, 6.45) is 3.83. The van der Waals surface area contributed by atoms with Gasteiger partial charge in [-0.2, -0.15) is 12.6 Å². The van der Waals surface area contributed by atoms with Crippen molar-refractivity contribution in [3.05, 3.63) is 35.4 Å². The van der Waals surface area contributed by atoms with E-state index in [1.807, 2.05) is 0 Å². The molecule has 2 atom stereocenters. The lowest BCUT2D eigenvalue weighted by molar-refractivity contribution is 0.522. The zero-order valence-electron chi connectivity index (χ0n) is 10.7.